The highest BCUT2D eigenvalue weighted by Gasteiger charge is 2.33. The molecule has 0 aliphatic carbocycles. The molecule has 0 saturated heterocycles. The van der Waals surface area contributed by atoms with E-state index in [9.17, 15) is 18.0 Å². The first kappa shape index (κ1) is 30.3. The maximum atomic E-state index is 14.0. The molecule has 0 aliphatic heterocycles. The van der Waals surface area contributed by atoms with E-state index in [0.29, 0.717) is 18.7 Å². The number of amides is 2. The molecular weight excluding hydrogens is 561 g/mol. The fourth-order valence-electron chi connectivity index (χ4n) is 4.07. The molecule has 8 nitrogen and oxygen atoms in total. The predicted molar refractivity (Wildman–Crippen MR) is 154 cm³/mol. The third kappa shape index (κ3) is 7.65. The Bertz CT molecular complexity index is 1370. The summed E-state index contributed by atoms with van der Waals surface area (Å²) >= 11 is 12.4. The number of carbonyl (C=O) groups excluding carboxylic acids is 2. The number of anilines is 1. The molecule has 3 aromatic rings. The van der Waals surface area contributed by atoms with Crippen LogP contribution in [-0.4, -0.2) is 51.4 Å². The number of rotatable bonds is 12. The summed E-state index contributed by atoms with van der Waals surface area (Å²) < 4.78 is 33.8. The maximum absolute atomic E-state index is 14.0. The number of carbonyl (C=O) groups is 2. The minimum Gasteiger partial charge on any atom is -0.497 e. The minimum absolute atomic E-state index is 0.00799. The average molecular weight is 593 g/mol. The Morgan fingerprint density at radius 3 is 2.10 bits per heavy atom. The number of benzene rings is 3. The molecular formula is C28H31Cl2N3O5S. The number of ether oxygens (including phenoxy) is 1. The number of methoxy groups -OCH3 is 1. The Balaban J connectivity index is 2.07. The van der Waals surface area contributed by atoms with Gasteiger partial charge in [0.15, 0.2) is 0 Å². The molecule has 39 heavy (non-hydrogen) atoms. The van der Waals surface area contributed by atoms with Crippen molar-refractivity contribution in [1.29, 1.82) is 0 Å². The first-order valence-corrected chi connectivity index (χ1v) is 14.5. The molecule has 11 heteroatoms. The van der Waals surface area contributed by atoms with E-state index in [1.165, 1.54) is 35.2 Å². The summed E-state index contributed by atoms with van der Waals surface area (Å²) in [6.45, 7) is 3.46. The zero-order valence-electron chi connectivity index (χ0n) is 21.9. The van der Waals surface area contributed by atoms with Crippen molar-refractivity contribution < 1.29 is 22.7 Å². The van der Waals surface area contributed by atoms with Gasteiger partial charge in [-0.05, 0) is 61.4 Å². The molecule has 208 valence electrons. The topological polar surface area (TPSA) is 96.0 Å². The van der Waals surface area contributed by atoms with Gasteiger partial charge in [-0.1, -0.05) is 60.5 Å². The lowest BCUT2D eigenvalue weighted by Gasteiger charge is -2.33. The largest absolute Gasteiger partial charge is 0.497 e. The summed E-state index contributed by atoms with van der Waals surface area (Å²) in [7, 11) is -2.66. The van der Waals surface area contributed by atoms with Crippen LogP contribution < -0.4 is 14.4 Å². The van der Waals surface area contributed by atoms with Crippen molar-refractivity contribution in [2.75, 3.05) is 24.5 Å². The Morgan fingerprint density at radius 2 is 1.56 bits per heavy atom. The van der Waals surface area contributed by atoms with Gasteiger partial charge in [-0.3, -0.25) is 13.9 Å². The van der Waals surface area contributed by atoms with E-state index in [1.54, 1.807) is 63.4 Å². The van der Waals surface area contributed by atoms with Gasteiger partial charge >= 0.3 is 0 Å². The van der Waals surface area contributed by atoms with Crippen molar-refractivity contribution >= 4 is 50.7 Å². The molecule has 0 fully saturated rings. The van der Waals surface area contributed by atoms with Crippen molar-refractivity contribution in [3.05, 3.63) is 88.4 Å². The third-order valence-corrected chi connectivity index (χ3v) is 8.22. The molecule has 1 N–H and O–H groups in total. The van der Waals surface area contributed by atoms with Crippen LogP contribution in [0.5, 0.6) is 5.75 Å². The first-order chi connectivity index (χ1) is 18.6. The van der Waals surface area contributed by atoms with E-state index in [4.69, 9.17) is 27.9 Å². The Labute approximate surface area is 239 Å². The summed E-state index contributed by atoms with van der Waals surface area (Å²) in [5, 5.41) is 3.19. The zero-order chi connectivity index (χ0) is 28.6. The van der Waals surface area contributed by atoms with E-state index >= 15 is 0 Å². The molecule has 3 aromatic carbocycles. The number of sulfonamides is 1. The van der Waals surface area contributed by atoms with Crippen molar-refractivity contribution in [2.24, 2.45) is 0 Å². The van der Waals surface area contributed by atoms with E-state index in [2.05, 4.69) is 5.32 Å². The molecule has 0 saturated carbocycles. The Hall–Kier alpha value is -3.27. The number of halogens is 2. The standard InChI is InChI=1S/C28H31Cl2N3O5S/c1-4-26(28(35)31-5-2)32(18-20-11-13-24(38-3)14-12-20)27(34)19-33(23-16-21(29)15-22(30)17-23)39(36,37)25-9-7-6-8-10-25/h6-17,26H,4-5,18-19H2,1-3H3,(H,31,35). The molecule has 3 rings (SSSR count). The molecule has 0 spiro atoms. The van der Waals surface area contributed by atoms with E-state index < -0.39 is 28.5 Å². The summed E-state index contributed by atoms with van der Waals surface area (Å²) in [5.41, 5.74) is 0.871. The minimum atomic E-state index is -4.21. The number of nitrogens with zero attached hydrogens (tertiary/aromatic N) is 2. The smallest absolute Gasteiger partial charge is 0.264 e. The van der Waals surface area contributed by atoms with Crippen molar-refractivity contribution in [1.82, 2.24) is 10.2 Å². The van der Waals surface area contributed by atoms with Gasteiger partial charge in [-0.15, -0.1) is 0 Å². The van der Waals surface area contributed by atoms with Crippen LogP contribution in [-0.2, 0) is 26.2 Å². The first-order valence-electron chi connectivity index (χ1n) is 12.3. The van der Waals surface area contributed by atoms with Crippen LogP contribution in [0.4, 0.5) is 5.69 Å². The summed E-state index contributed by atoms with van der Waals surface area (Å²) in [4.78, 5) is 28.3. The van der Waals surface area contributed by atoms with Crippen molar-refractivity contribution in [3.63, 3.8) is 0 Å². The van der Waals surface area contributed by atoms with Crippen LogP contribution in [0.15, 0.2) is 77.7 Å². The van der Waals surface area contributed by atoms with Gasteiger partial charge in [0.05, 0.1) is 17.7 Å². The van der Waals surface area contributed by atoms with Crippen molar-refractivity contribution in [2.45, 2.75) is 37.8 Å². The van der Waals surface area contributed by atoms with Gasteiger partial charge in [0, 0.05) is 23.1 Å². The fourth-order valence-corrected chi connectivity index (χ4v) is 6.00. The van der Waals surface area contributed by atoms with Crippen LogP contribution in [0.25, 0.3) is 0 Å². The normalized spacial score (nSPS) is 11.9. The number of hydrogen-bond donors (Lipinski definition) is 1. The third-order valence-electron chi connectivity index (χ3n) is 5.99. The molecule has 0 radical (unpaired) electrons. The number of hydrogen-bond acceptors (Lipinski definition) is 5. The Morgan fingerprint density at radius 1 is 0.949 bits per heavy atom. The zero-order valence-corrected chi connectivity index (χ0v) is 24.3. The SMILES string of the molecule is CCNC(=O)C(CC)N(Cc1ccc(OC)cc1)C(=O)CN(c1cc(Cl)cc(Cl)c1)S(=O)(=O)c1ccccc1. The lowest BCUT2D eigenvalue weighted by molar-refractivity contribution is -0.140. The van der Waals surface area contributed by atoms with E-state index in [-0.39, 0.29) is 33.1 Å². The molecule has 1 unspecified atom stereocenters. The second-order valence-corrected chi connectivity index (χ2v) is 11.4. The van der Waals surface area contributed by atoms with Gasteiger partial charge in [0.1, 0.15) is 18.3 Å². The monoisotopic (exact) mass is 591 g/mol. The van der Waals surface area contributed by atoms with Crippen LogP contribution in [0.2, 0.25) is 10.0 Å². The maximum Gasteiger partial charge on any atom is 0.264 e. The summed E-state index contributed by atoms with van der Waals surface area (Å²) in [5.74, 6) is -0.255. The van der Waals surface area contributed by atoms with Gasteiger partial charge in [0.25, 0.3) is 10.0 Å². The molecule has 0 heterocycles. The van der Waals surface area contributed by atoms with Gasteiger partial charge in [-0.2, -0.15) is 0 Å². The van der Waals surface area contributed by atoms with E-state index in [0.717, 1.165) is 9.87 Å². The Kier molecular flexibility index (Phi) is 10.6. The molecule has 1 atom stereocenters. The molecule has 2 amide bonds. The highest BCUT2D eigenvalue weighted by Crippen LogP contribution is 2.30. The quantitative estimate of drug-likeness (QED) is 0.314. The van der Waals surface area contributed by atoms with Crippen LogP contribution in [0, 0.1) is 0 Å². The van der Waals surface area contributed by atoms with Gasteiger partial charge in [0.2, 0.25) is 11.8 Å². The highest BCUT2D eigenvalue weighted by molar-refractivity contribution is 7.92. The van der Waals surface area contributed by atoms with Crippen LogP contribution >= 0.6 is 23.2 Å². The average Bonchev–Trinajstić information content (AvgIpc) is 2.91. The summed E-state index contributed by atoms with van der Waals surface area (Å²) in [6.07, 6.45) is 0.322. The van der Waals surface area contributed by atoms with Crippen molar-refractivity contribution in [3.8, 4) is 5.75 Å². The molecule has 0 aliphatic rings. The van der Waals surface area contributed by atoms with Gasteiger partial charge < -0.3 is 15.0 Å². The number of nitrogens with one attached hydrogen (secondary N) is 1. The number of likely N-dealkylation sites (N-methyl/N-ethyl adjacent to an activating group) is 1. The fraction of sp³-hybridized carbons (Fsp3) is 0.286. The van der Waals surface area contributed by atoms with Gasteiger partial charge in [-0.25, -0.2) is 8.42 Å². The van der Waals surface area contributed by atoms with Crippen LogP contribution in [0.3, 0.4) is 0 Å². The lowest BCUT2D eigenvalue weighted by atomic mass is 10.1. The second-order valence-electron chi connectivity index (χ2n) is 8.64. The highest BCUT2D eigenvalue weighted by atomic mass is 35.5. The second kappa shape index (κ2) is 13.7. The van der Waals surface area contributed by atoms with Crippen LogP contribution in [0.1, 0.15) is 25.8 Å². The summed E-state index contributed by atoms with van der Waals surface area (Å²) in [6, 6.07) is 18.4. The predicted octanol–water partition coefficient (Wildman–Crippen LogP) is 5.14. The molecule has 0 bridgehead atoms. The molecule has 0 aromatic heterocycles. The lowest BCUT2D eigenvalue weighted by Crippen LogP contribution is -2.52. The van der Waals surface area contributed by atoms with E-state index in [1.807, 2.05) is 0 Å².